The highest BCUT2D eigenvalue weighted by Crippen LogP contribution is 2.61. The molecule has 0 bridgehead atoms. The minimum absolute atomic E-state index is 0.111. The fraction of sp³-hybridized carbons (Fsp3) is 0.633. The fourth-order valence-electron chi connectivity index (χ4n) is 6.76. The summed E-state index contributed by atoms with van der Waals surface area (Å²) in [6, 6.07) is 9.42. The summed E-state index contributed by atoms with van der Waals surface area (Å²) in [7, 11) is 0. The summed E-state index contributed by atoms with van der Waals surface area (Å²) in [5.74, 6) is 1.46. The van der Waals surface area contributed by atoms with Gasteiger partial charge in [-0.15, -0.1) is 0 Å². The summed E-state index contributed by atoms with van der Waals surface area (Å²) in [5, 5.41) is 2.78. The summed E-state index contributed by atoms with van der Waals surface area (Å²) in [5.41, 5.74) is 4.56. The lowest BCUT2D eigenvalue weighted by Crippen LogP contribution is -2.49. The largest absolute Gasteiger partial charge is 0.446 e. The number of para-hydroxylation sites is 1. The number of allylic oxidation sites excluding steroid dienone is 3. The van der Waals surface area contributed by atoms with Crippen LogP contribution in [0.15, 0.2) is 54.1 Å². The first-order valence-corrected chi connectivity index (χ1v) is 13.0. The molecule has 3 rings (SSSR count). The number of nitrogens with one attached hydrogen (secondary N) is 1. The number of fused-ring (bicyclic) bond motifs is 1. The first-order valence-electron chi connectivity index (χ1n) is 13.0. The van der Waals surface area contributed by atoms with Gasteiger partial charge < -0.3 is 4.74 Å². The van der Waals surface area contributed by atoms with Crippen molar-refractivity contribution in [3.05, 3.63) is 54.1 Å². The number of anilines is 1. The molecule has 1 N–H and O–H groups in total. The molecule has 0 aliphatic heterocycles. The van der Waals surface area contributed by atoms with Crippen molar-refractivity contribution >= 4 is 11.8 Å². The summed E-state index contributed by atoms with van der Waals surface area (Å²) in [6.07, 6.45) is 12.6. The van der Waals surface area contributed by atoms with E-state index in [0.717, 1.165) is 30.9 Å². The van der Waals surface area contributed by atoms with Crippen LogP contribution in [-0.4, -0.2) is 12.2 Å². The van der Waals surface area contributed by atoms with Crippen molar-refractivity contribution in [2.24, 2.45) is 22.7 Å². The van der Waals surface area contributed by atoms with Gasteiger partial charge in [0.05, 0.1) is 0 Å². The highest BCUT2D eigenvalue weighted by Gasteiger charge is 2.52. The van der Waals surface area contributed by atoms with Crippen LogP contribution in [0.25, 0.3) is 0 Å². The van der Waals surface area contributed by atoms with Crippen molar-refractivity contribution in [3.63, 3.8) is 0 Å². The first-order chi connectivity index (χ1) is 15.6. The van der Waals surface area contributed by atoms with E-state index in [1.165, 1.54) is 49.7 Å². The average Bonchev–Trinajstić information content (AvgIpc) is 2.73. The molecule has 1 aromatic carbocycles. The minimum Gasteiger partial charge on any atom is -0.446 e. The number of amides is 1. The van der Waals surface area contributed by atoms with Gasteiger partial charge in [0.2, 0.25) is 0 Å². The van der Waals surface area contributed by atoms with Gasteiger partial charge in [-0.1, -0.05) is 69.2 Å². The Kier molecular flexibility index (Phi) is 8.48. The maximum Gasteiger partial charge on any atom is 0.411 e. The number of carbonyl (C=O) groups is 1. The quantitative estimate of drug-likeness (QED) is 0.401. The van der Waals surface area contributed by atoms with E-state index < -0.39 is 0 Å². The Bertz CT molecular complexity index is 840. The molecule has 0 unspecified atom stereocenters. The Morgan fingerprint density at radius 1 is 1.24 bits per heavy atom. The molecule has 2 aliphatic carbocycles. The Morgan fingerprint density at radius 2 is 1.97 bits per heavy atom. The number of rotatable bonds is 8. The van der Waals surface area contributed by atoms with Gasteiger partial charge in [-0.2, -0.15) is 0 Å². The van der Waals surface area contributed by atoms with Crippen LogP contribution in [0.4, 0.5) is 10.5 Å². The molecule has 2 saturated carbocycles. The number of hydrogen-bond donors (Lipinski definition) is 1. The van der Waals surface area contributed by atoms with E-state index in [0.29, 0.717) is 16.7 Å². The molecular formula is C30H45NO2. The average molecular weight is 452 g/mol. The molecule has 0 saturated heterocycles. The minimum atomic E-state index is -0.386. The third-order valence-corrected chi connectivity index (χ3v) is 8.54. The zero-order valence-corrected chi connectivity index (χ0v) is 21.6. The van der Waals surface area contributed by atoms with Crippen molar-refractivity contribution in [3.8, 4) is 0 Å². The number of hydrogen-bond acceptors (Lipinski definition) is 2. The van der Waals surface area contributed by atoms with Crippen LogP contribution in [0.5, 0.6) is 0 Å². The van der Waals surface area contributed by atoms with Gasteiger partial charge >= 0.3 is 6.09 Å². The lowest BCUT2D eigenvalue weighted by atomic mass is 9.47. The second-order valence-electron chi connectivity index (χ2n) is 11.5. The van der Waals surface area contributed by atoms with Crippen molar-refractivity contribution < 1.29 is 9.53 Å². The van der Waals surface area contributed by atoms with Gasteiger partial charge in [-0.3, -0.25) is 5.32 Å². The third-order valence-electron chi connectivity index (χ3n) is 8.54. The second-order valence-corrected chi connectivity index (χ2v) is 11.5. The summed E-state index contributed by atoms with van der Waals surface area (Å²) in [4.78, 5) is 12.1. The molecule has 3 heteroatoms. The lowest BCUT2D eigenvalue weighted by molar-refractivity contribution is -0.0539. The van der Waals surface area contributed by atoms with Gasteiger partial charge in [-0.05, 0) is 100 Å². The Balaban J connectivity index is 1.45. The van der Waals surface area contributed by atoms with Gasteiger partial charge in [0.25, 0.3) is 0 Å². The monoisotopic (exact) mass is 451 g/mol. The van der Waals surface area contributed by atoms with Gasteiger partial charge in [0.1, 0.15) is 6.10 Å². The predicted molar refractivity (Wildman–Crippen MR) is 139 cm³/mol. The number of benzene rings is 1. The molecule has 3 nitrogen and oxygen atoms in total. The number of ether oxygens (including phenoxy) is 1. The van der Waals surface area contributed by atoms with E-state index >= 15 is 0 Å². The molecular weight excluding hydrogens is 406 g/mol. The molecule has 1 amide bonds. The molecule has 182 valence electrons. The molecule has 0 spiro atoms. The van der Waals surface area contributed by atoms with Crippen LogP contribution in [-0.2, 0) is 4.74 Å². The van der Waals surface area contributed by atoms with Gasteiger partial charge in [0.15, 0.2) is 0 Å². The van der Waals surface area contributed by atoms with Crippen molar-refractivity contribution in [2.45, 2.75) is 98.5 Å². The van der Waals surface area contributed by atoms with Crippen molar-refractivity contribution in [1.82, 2.24) is 0 Å². The summed E-state index contributed by atoms with van der Waals surface area (Å²) >= 11 is 0. The van der Waals surface area contributed by atoms with Crippen molar-refractivity contribution in [1.29, 1.82) is 0 Å². The van der Waals surface area contributed by atoms with E-state index in [1.807, 2.05) is 37.3 Å². The van der Waals surface area contributed by atoms with E-state index in [9.17, 15) is 4.79 Å². The maximum absolute atomic E-state index is 12.1. The van der Waals surface area contributed by atoms with Crippen LogP contribution >= 0.6 is 0 Å². The third kappa shape index (κ3) is 6.52. The molecule has 4 atom stereocenters. The molecule has 2 fully saturated rings. The Morgan fingerprint density at radius 3 is 2.70 bits per heavy atom. The van der Waals surface area contributed by atoms with Crippen LogP contribution in [0.1, 0.15) is 92.4 Å². The molecule has 0 radical (unpaired) electrons. The highest BCUT2D eigenvalue weighted by molar-refractivity contribution is 5.84. The van der Waals surface area contributed by atoms with Gasteiger partial charge in [0, 0.05) is 5.69 Å². The zero-order valence-electron chi connectivity index (χ0n) is 21.6. The van der Waals surface area contributed by atoms with Crippen LogP contribution in [0, 0.1) is 22.7 Å². The van der Waals surface area contributed by atoms with E-state index in [-0.39, 0.29) is 12.2 Å². The SMILES string of the molecule is C=C1CC[C@@H]2C(C)(C)CCC[C@]2(C)[C@H]1CCC(C)=CCC[C@@H](C)OC(=O)Nc1ccccc1. The standard InChI is InChI=1S/C30H45NO2/c1-22(12-10-13-24(3)33-28(32)31-25-14-8-7-9-15-25)16-18-26-23(2)17-19-27-29(4,5)20-11-21-30(26,27)6/h7-9,12,14-15,24,26-27H,2,10-11,13,16-21H2,1,3-6H3,(H,31,32)/t24-,26+,27-,30-/m1/s1. The lowest BCUT2D eigenvalue weighted by Gasteiger charge is -2.58. The van der Waals surface area contributed by atoms with E-state index in [2.05, 4.69) is 45.7 Å². The van der Waals surface area contributed by atoms with Crippen LogP contribution < -0.4 is 5.32 Å². The summed E-state index contributed by atoms with van der Waals surface area (Å²) < 4.78 is 5.51. The summed E-state index contributed by atoms with van der Waals surface area (Å²) in [6.45, 7) is 16.3. The normalized spacial score (nSPS) is 28.0. The predicted octanol–water partition coefficient (Wildman–Crippen LogP) is 8.93. The second kappa shape index (κ2) is 10.9. The molecule has 33 heavy (non-hydrogen) atoms. The topological polar surface area (TPSA) is 38.3 Å². The first kappa shape index (κ1) is 25.6. The molecule has 0 heterocycles. The van der Waals surface area contributed by atoms with Crippen LogP contribution in [0.2, 0.25) is 0 Å². The zero-order chi connectivity index (χ0) is 24.1. The van der Waals surface area contributed by atoms with Crippen LogP contribution in [0.3, 0.4) is 0 Å². The highest BCUT2D eigenvalue weighted by atomic mass is 16.6. The van der Waals surface area contributed by atoms with Gasteiger partial charge in [-0.25, -0.2) is 4.79 Å². The molecule has 0 aromatic heterocycles. The molecule has 1 aromatic rings. The molecule has 2 aliphatic rings. The number of carbonyl (C=O) groups excluding carboxylic acids is 1. The Hall–Kier alpha value is -2.03. The van der Waals surface area contributed by atoms with E-state index in [4.69, 9.17) is 4.74 Å². The fourth-order valence-corrected chi connectivity index (χ4v) is 6.76. The van der Waals surface area contributed by atoms with Crippen molar-refractivity contribution in [2.75, 3.05) is 5.32 Å². The Labute approximate surface area is 202 Å². The van der Waals surface area contributed by atoms with E-state index in [1.54, 1.807) is 0 Å². The maximum atomic E-state index is 12.1. The smallest absolute Gasteiger partial charge is 0.411 e.